The predicted molar refractivity (Wildman–Crippen MR) is 162 cm³/mol. The second-order valence-corrected chi connectivity index (χ2v) is 10.5. The van der Waals surface area contributed by atoms with Crippen molar-refractivity contribution in [2.24, 2.45) is 0 Å². The number of rotatable bonds is 9. The van der Waals surface area contributed by atoms with E-state index in [0.717, 1.165) is 22.2 Å². The molecule has 0 radical (unpaired) electrons. The Morgan fingerprint density at radius 2 is 1.93 bits per heavy atom. The summed E-state index contributed by atoms with van der Waals surface area (Å²) >= 11 is 6.51. The van der Waals surface area contributed by atoms with E-state index in [9.17, 15) is 14.3 Å². The van der Waals surface area contributed by atoms with Crippen molar-refractivity contribution in [3.8, 4) is 11.4 Å². The Balaban J connectivity index is 1.25. The second-order valence-electron chi connectivity index (χ2n) is 10.1. The lowest BCUT2D eigenvalue weighted by Gasteiger charge is -2.26. The minimum atomic E-state index is -0.323. The molecule has 6 rings (SSSR count). The minimum Gasteiger partial charge on any atom is -0.487 e. The van der Waals surface area contributed by atoms with Crippen LogP contribution in [-0.4, -0.2) is 63.4 Å². The van der Waals surface area contributed by atoms with Gasteiger partial charge in [-0.3, -0.25) is 4.79 Å². The summed E-state index contributed by atoms with van der Waals surface area (Å²) in [7, 11) is 0. The number of nitrogens with one attached hydrogen (secondary N) is 1. The Hall–Kier alpha value is -4.51. The van der Waals surface area contributed by atoms with Gasteiger partial charge >= 0.3 is 0 Å². The van der Waals surface area contributed by atoms with E-state index in [2.05, 4.69) is 15.3 Å². The van der Waals surface area contributed by atoms with E-state index in [1.54, 1.807) is 29.2 Å². The van der Waals surface area contributed by atoms with Crippen molar-refractivity contribution in [1.82, 2.24) is 19.4 Å². The summed E-state index contributed by atoms with van der Waals surface area (Å²) in [5.41, 5.74) is 4.27. The molecular formula is C32H29ClFN5O4. The van der Waals surface area contributed by atoms with Crippen molar-refractivity contribution < 1.29 is 23.8 Å². The smallest absolute Gasteiger partial charge is 0.255 e. The zero-order valence-electron chi connectivity index (χ0n) is 23.2. The SMILES string of the molecule is O=C(c1cn(-c2ccc3ncnc(Nc4ccc(OCc5cccc(F)c5)c(Cl)c4)c3c2)cc1CCO)N1CCOCC1. The number of nitrogens with zero attached hydrogens (tertiary/aromatic N) is 4. The Morgan fingerprint density at radius 3 is 2.72 bits per heavy atom. The first kappa shape index (κ1) is 28.6. The molecule has 1 aliphatic heterocycles. The van der Waals surface area contributed by atoms with Crippen molar-refractivity contribution in [2.75, 3.05) is 38.2 Å². The molecule has 1 saturated heterocycles. The number of aromatic nitrogens is 3. The molecule has 5 aromatic rings. The van der Waals surface area contributed by atoms with Crippen LogP contribution in [0.3, 0.4) is 0 Å². The summed E-state index contributed by atoms with van der Waals surface area (Å²) in [4.78, 5) is 24.0. The number of morpholine rings is 1. The molecule has 43 heavy (non-hydrogen) atoms. The number of carbonyl (C=O) groups is 1. The van der Waals surface area contributed by atoms with Crippen LogP contribution in [0.15, 0.2) is 79.4 Å². The topological polar surface area (TPSA) is 102 Å². The third-order valence-corrected chi connectivity index (χ3v) is 7.51. The predicted octanol–water partition coefficient (Wildman–Crippen LogP) is 5.54. The van der Waals surface area contributed by atoms with Crippen LogP contribution < -0.4 is 10.1 Å². The molecule has 0 bridgehead atoms. The van der Waals surface area contributed by atoms with E-state index in [4.69, 9.17) is 21.1 Å². The monoisotopic (exact) mass is 601 g/mol. The number of fused-ring (bicyclic) bond motifs is 1. The van der Waals surface area contributed by atoms with E-state index in [0.29, 0.717) is 66.1 Å². The van der Waals surface area contributed by atoms with Crippen LogP contribution in [0.5, 0.6) is 5.75 Å². The normalized spacial score (nSPS) is 13.3. The zero-order chi connectivity index (χ0) is 29.8. The molecular weight excluding hydrogens is 573 g/mol. The highest BCUT2D eigenvalue weighted by atomic mass is 35.5. The van der Waals surface area contributed by atoms with Crippen LogP contribution in [0.4, 0.5) is 15.9 Å². The molecule has 11 heteroatoms. The van der Waals surface area contributed by atoms with E-state index in [1.807, 2.05) is 41.2 Å². The van der Waals surface area contributed by atoms with Crippen LogP contribution in [-0.2, 0) is 17.8 Å². The number of aliphatic hydroxyl groups excluding tert-OH is 1. The summed E-state index contributed by atoms with van der Waals surface area (Å²) in [6.45, 7) is 2.22. The number of benzene rings is 3. The molecule has 2 N–H and O–H groups in total. The summed E-state index contributed by atoms with van der Waals surface area (Å²) in [6.07, 6.45) is 5.54. The summed E-state index contributed by atoms with van der Waals surface area (Å²) in [5, 5.41) is 14.1. The standard InChI is InChI=1S/C32H29ClFN5O4/c33-28-15-24(4-7-30(28)43-19-21-2-1-3-23(34)14-21)37-31-26-16-25(5-6-29(26)35-20-36-31)39-17-22(8-11-40)27(18-39)32(41)38-9-12-42-13-10-38/h1-7,14-18,20,40H,8-13,19H2,(H,35,36,37). The van der Waals surface area contributed by atoms with Crippen LogP contribution >= 0.6 is 11.6 Å². The number of hydrogen-bond donors (Lipinski definition) is 2. The fourth-order valence-electron chi connectivity index (χ4n) is 5.02. The number of ether oxygens (including phenoxy) is 2. The van der Waals surface area contributed by atoms with Crippen molar-refractivity contribution >= 4 is 39.9 Å². The Morgan fingerprint density at radius 1 is 1.07 bits per heavy atom. The van der Waals surface area contributed by atoms with Crippen molar-refractivity contribution in [2.45, 2.75) is 13.0 Å². The lowest BCUT2D eigenvalue weighted by Crippen LogP contribution is -2.40. The number of halogens is 2. The Labute approximate surface area is 252 Å². The molecule has 1 fully saturated rings. The number of amides is 1. The molecule has 2 aromatic heterocycles. The fraction of sp³-hybridized carbons (Fsp3) is 0.219. The fourth-order valence-corrected chi connectivity index (χ4v) is 5.25. The van der Waals surface area contributed by atoms with Gasteiger partial charge < -0.3 is 29.4 Å². The van der Waals surface area contributed by atoms with Gasteiger partial charge in [-0.2, -0.15) is 0 Å². The zero-order valence-corrected chi connectivity index (χ0v) is 23.9. The Bertz CT molecular complexity index is 1770. The van der Waals surface area contributed by atoms with Gasteiger partial charge in [-0.25, -0.2) is 14.4 Å². The molecule has 0 unspecified atom stereocenters. The number of anilines is 2. The van der Waals surface area contributed by atoms with E-state index < -0.39 is 0 Å². The quantitative estimate of drug-likeness (QED) is 0.229. The molecule has 9 nitrogen and oxygen atoms in total. The molecule has 0 aliphatic carbocycles. The van der Waals surface area contributed by atoms with Crippen LogP contribution in [0.1, 0.15) is 21.5 Å². The first-order chi connectivity index (χ1) is 21.0. The van der Waals surface area contributed by atoms with Gasteiger partial charge in [0.05, 0.1) is 29.3 Å². The molecule has 0 saturated carbocycles. The molecule has 220 valence electrons. The van der Waals surface area contributed by atoms with Gasteiger partial charge in [0, 0.05) is 48.9 Å². The maximum atomic E-state index is 13.5. The van der Waals surface area contributed by atoms with Gasteiger partial charge in [0.2, 0.25) is 0 Å². The molecule has 3 heterocycles. The largest absolute Gasteiger partial charge is 0.487 e. The van der Waals surface area contributed by atoms with Crippen molar-refractivity contribution in [3.63, 3.8) is 0 Å². The maximum Gasteiger partial charge on any atom is 0.255 e. The van der Waals surface area contributed by atoms with Gasteiger partial charge in [0.15, 0.2) is 0 Å². The number of aliphatic hydroxyl groups is 1. The van der Waals surface area contributed by atoms with E-state index in [1.165, 1.54) is 18.5 Å². The third-order valence-electron chi connectivity index (χ3n) is 7.21. The molecule has 1 amide bonds. The van der Waals surface area contributed by atoms with Gasteiger partial charge in [-0.1, -0.05) is 23.7 Å². The molecule has 1 aliphatic rings. The van der Waals surface area contributed by atoms with Gasteiger partial charge in [-0.15, -0.1) is 0 Å². The minimum absolute atomic E-state index is 0.0652. The first-order valence-electron chi connectivity index (χ1n) is 13.9. The summed E-state index contributed by atoms with van der Waals surface area (Å²) in [5.74, 6) is 0.650. The Kier molecular flexibility index (Phi) is 8.50. The van der Waals surface area contributed by atoms with E-state index >= 15 is 0 Å². The first-order valence-corrected chi connectivity index (χ1v) is 14.2. The van der Waals surface area contributed by atoms with Crippen LogP contribution in [0, 0.1) is 5.82 Å². The van der Waals surface area contributed by atoms with Gasteiger partial charge in [0.25, 0.3) is 5.91 Å². The average Bonchev–Trinajstić information content (AvgIpc) is 3.45. The van der Waals surface area contributed by atoms with Crippen molar-refractivity contribution in [1.29, 1.82) is 0 Å². The summed E-state index contributed by atoms with van der Waals surface area (Å²) in [6, 6.07) is 17.3. The molecule has 0 spiro atoms. The lowest BCUT2D eigenvalue weighted by atomic mass is 10.1. The number of carbonyl (C=O) groups excluding carboxylic acids is 1. The molecule has 3 aromatic carbocycles. The maximum absolute atomic E-state index is 13.5. The van der Waals surface area contributed by atoms with Crippen molar-refractivity contribution in [3.05, 3.63) is 107 Å². The van der Waals surface area contributed by atoms with Gasteiger partial charge in [-0.05, 0) is 66.1 Å². The lowest BCUT2D eigenvalue weighted by molar-refractivity contribution is 0.0302. The molecule has 0 atom stereocenters. The highest BCUT2D eigenvalue weighted by Gasteiger charge is 2.23. The van der Waals surface area contributed by atoms with Crippen LogP contribution in [0.25, 0.3) is 16.6 Å². The van der Waals surface area contributed by atoms with E-state index in [-0.39, 0.29) is 24.9 Å². The summed E-state index contributed by atoms with van der Waals surface area (Å²) < 4.78 is 26.6. The third kappa shape index (κ3) is 6.46. The average molecular weight is 602 g/mol. The highest BCUT2D eigenvalue weighted by molar-refractivity contribution is 6.32. The van der Waals surface area contributed by atoms with Gasteiger partial charge in [0.1, 0.15) is 30.3 Å². The van der Waals surface area contributed by atoms with Crippen LogP contribution in [0.2, 0.25) is 5.02 Å². The second kappa shape index (κ2) is 12.8. The number of hydrogen-bond acceptors (Lipinski definition) is 7. The highest BCUT2D eigenvalue weighted by Crippen LogP contribution is 2.32.